The number of carboxylic acid groups (broad SMARTS) is 1. The maximum Gasteiger partial charge on any atom is 0.374 e. The Hall–Kier alpha value is -3.22. The minimum absolute atomic E-state index is 0.0375. The van der Waals surface area contributed by atoms with Crippen LogP contribution in [0.2, 0.25) is 0 Å². The van der Waals surface area contributed by atoms with Crippen molar-refractivity contribution in [3.63, 3.8) is 0 Å². The van der Waals surface area contributed by atoms with Crippen molar-refractivity contribution in [1.82, 2.24) is 5.16 Å². The van der Waals surface area contributed by atoms with Gasteiger partial charge in [-0.2, -0.15) is 0 Å². The van der Waals surface area contributed by atoms with Crippen molar-refractivity contribution in [2.24, 2.45) is 0 Å². The largest absolute Gasteiger partial charge is 0.504 e. The number of aromatic hydroxyl groups is 1. The van der Waals surface area contributed by atoms with E-state index in [4.69, 9.17) is 18.5 Å². The Morgan fingerprint density at radius 3 is 2.52 bits per heavy atom. The number of benzene rings is 1. The van der Waals surface area contributed by atoms with E-state index in [1.807, 2.05) is 0 Å². The lowest BCUT2D eigenvalue weighted by molar-refractivity contribution is 0.0652. The summed E-state index contributed by atoms with van der Waals surface area (Å²) in [6.45, 7) is 0. The van der Waals surface area contributed by atoms with Crippen LogP contribution in [0, 0.1) is 0 Å². The van der Waals surface area contributed by atoms with Crippen LogP contribution < -0.4 is 0 Å². The van der Waals surface area contributed by atoms with Gasteiger partial charge in [-0.05, 0) is 12.1 Å². The van der Waals surface area contributed by atoms with Gasteiger partial charge in [0.05, 0.1) is 23.5 Å². The summed E-state index contributed by atoms with van der Waals surface area (Å²) in [7, 11) is 0. The summed E-state index contributed by atoms with van der Waals surface area (Å²) < 4.78 is 15.5. The summed E-state index contributed by atoms with van der Waals surface area (Å²) in [5.74, 6) is -1.54. The third-order valence-electron chi connectivity index (χ3n) is 3.27. The first-order chi connectivity index (χ1) is 10.2. The minimum Gasteiger partial charge on any atom is -0.504 e. The van der Waals surface area contributed by atoms with E-state index in [1.165, 1.54) is 18.6 Å². The first kappa shape index (κ1) is 11.6. The number of aromatic nitrogens is 1. The van der Waals surface area contributed by atoms with Gasteiger partial charge in [0.25, 0.3) is 0 Å². The van der Waals surface area contributed by atoms with Crippen LogP contribution in [0.4, 0.5) is 0 Å². The monoisotopic (exact) mass is 285 g/mol. The van der Waals surface area contributed by atoms with Gasteiger partial charge in [0.2, 0.25) is 5.76 Å². The van der Waals surface area contributed by atoms with Gasteiger partial charge in [0, 0.05) is 11.5 Å². The fourth-order valence-corrected chi connectivity index (χ4v) is 2.37. The zero-order chi connectivity index (χ0) is 14.6. The van der Waals surface area contributed by atoms with E-state index in [9.17, 15) is 9.90 Å². The summed E-state index contributed by atoms with van der Waals surface area (Å²) >= 11 is 0. The second-order valence-electron chi connectivity index (χ2n) is 4.43. The molecule has 21 heavy (non-hydrogen) atoms. The van der Waals surface area contributed by atoms with Crippen molar-refractivity contribution in [3.8, 4) is 17.0 Å². The molecule has 2 N–H and O–H groups in total. The molecule has 0 spiro atoms. The topological polar surface area (TPSA) is 110 Å². The molecule has 0 amide bonds. The van der Waals surface area contributed by atoms with Crippen LogP contribution >= 0.6 is 0 Å². The van der Waals surface area contributed by atoms with Crippen LogP contribution in [0.5, 0.6) is 5.75 Å². The van der Waals surface area contributed by atoms with Gasteiger partial charge in [-0.25, -0.2) is 4.79 Å². The molecule has 0 radical (unpaired) electrons. The number of rotatable bonds is 2. The van der Waals surface area contributed by atoms with E-state index in [1.54, 1.807) is 12.1 Å². The summed E-state index contributed by atoms with van der Waals surface area (Å²) in [6, 6.07) is 4.53. The number of hydrogen-bond acceptors (Lipinski definition) is 6. The second kappa shape index (κ2) is 3.89. The minimum atomic E-state index is -1.22. The number of furan rings is 2. The van der Waals surface area contributed by atoms with Gasteiger partial charge < -0.3 is 23.6 Å². The number of carbonyl (C=O) groups is 1. The van der Waals surface area contributed by atoms with Crippen LogP contribution in [0.1, 0.15) is 10.6 Å². The molecule has 0 atom stereocenters. The Morgan fingerprint density at radius 1 is 1.10 bits per heavy atom. The Balaban J connectivity index is 2.13. The number of aromatic carboxylic acids is 1. The van der Waals surface area contributed by atoms with E-state index < -0.39 is 5.97 Å². The second-order valence-corrected chi connectivity index (χ2v) is 4.43. The van der Waals surface area contributed by atoms with Crippen LogP contribution in [0.25, 0.3) is 33.2 Å². The smallest absolute Gasteiger partial charge is 0.374 e. The number of nitrogens with zero attached hydrogens (tertiary/aromatic N) is 1. The molecule has 3 heterocycles. The summed E-state index contributed by atoms with van der Waals surface area (Å²) in [5.41, 5.74) is 1.46. The number of phenolic OH excluding ortho intramolecular Hbond substituents is 1. The molecule has 1 aromatic carbocycles. The molecule has 104 valence electrons. The number of phenols is 1. The molecule has 4 rings (SSSR count). The highest BCUT2D eigenvalue weighted by Crippen LogP contribution is 2.43. The lowest BCUT2D eigenvalue weighted by Gasteiger charge is -2.02. The predicted molar refractivity (Wildman–Crippen MR) is 70.1 cm³/mol. The fraction of sp³-hybridized carbons (Fsp3) is 0. The molecule has 0 aliphatic carbocycles. The van der Waals surface area contributed by atoms with Gasteiger partial charge >= 0.3 is 5.97 Å². The van der Waals surface area contributed by atoms with Crippen LogP contribution in [-0.2, 0) is 0 Å². The van der Waals surface area contributed by atoms with Gasteiger partial charge in [-0.1, -0.05) is 5.16 Å². The Morgan fingerprint density at radius 2 is 1.81 bits per heavy atom. The number of carboxylic acids is 1. The Kier molecular flexibility index (Phi) is 2.15. The van der Waals surface area contributed by atoms with Crippen molar-refractivity contribution in [2.75, 3.05) is 0 Å². The zero-order valence-electron chi connectivity index (χ0n) is 10.4. The van der Waals surface area contributed by atoms with E-state index in [2.05, 4.69) is 5.16 Å². The molecule has 0 fully saturated rings. The average molecular weight is 285 g/mol. The molecule has 0 aliphatic rings. The lowest BCUT2D eigenvalue weighted by atomic mass is 10.0. The maximum absolute atomic E-state index is 10.9. The number of fused-ring (bicyclic) bond motifs is 2. The Labute approximate surface area is 116 Å². The van der Waals surface area contributed by atoms with Crippen molar-refractivity contribution >= 4 is 27.9 Å². The predicted octanol–water partition coefficient (Wildman–Crippen LogP) is 3.24. The highest BCUT2D eigenvalue weighted by atomic mass is 16.5. The molecule has 7 heteroatoms. The molecular formula is C14H7NO6. The van der Waals surface area contributed by atoms with Gasteiger partial charge in [0.1, 0.15) is 11.3 Å². The van der Waals surface area contributed by atoms with Gasteiger partial charge in [0.15, 0.2) is 11.3 Å². The van der Waals surface area contributed by atoms with Crippen LogP contribution in [-0.4, -0.2) is 21.3 Å². The summed E-state index contributed by atoms with van der Waals surface area (Å²) in [4.78, 5) is 10.9. The standard InChI is InChI=1S/C14H7NO6/c16-11-7-2-4-19-12(7)10(6-1-3-20-13(6)11)8-5-9(14(17)18)21-15-8/h1-5,16H,(H,17,18). The Bertz CT molecular complexity index is 938. The molecule has 0 saturated carbocycles. The molecule has 0 unspecified atom stereocenters. The average Bonchev–Trinajstić information content (AvgIpc) is 3.19. The first-order valence-electron chi connectivity index (χ1n) is 5.96. The van der Waals surface area contributed by atoms with E-state index in [0.717, 1.165) is 0 Å². The first-order valence-corrected chi connectivity index (χ1v) is 5.96. The number of hydrogen-bond donors (Lipinski definition) is 2. The SMILES string of the molecule is O=C(O)c1cc(-c2c3ccoc3c(O)c3ccoc23)no1. The summed E-state index contributed by atoms with van der Waals surface area (Å²) in [6.07, 6.45) is 2.84. The van der Waals surface area contributed by atoms with Gasteiger partial charge in [-0.15, -0.1) is 0 Å². The highest BCUT2D eigenvalue weighted by Gasteiger charge is 2.23. The molecule has 0 aliphatic heterocycles. The van der Waals surface area contributed by atoms with Gasteiger partial charge in [-0.3, -0.25) is 0 Å². The zero-order valence-corrected chi connectivity index (χ0v) is 10.4. The van der Waals surface area contributed by atoms with Crippen molar-refractivity contribution in [1.29, 1.82) is 0 Å². The van der Waals surface area contributed by atoms with Crippen molar-refractivity contribution in [3.05, 3.63) is 36.5 Å². The van der Waals surface area contributed by atoms with Crippen LogP contribution in [0.15, 0.2) is 44.1 Å². The molecule has 3 aromatic heterocycles. The molecule has 4 aromatic rings. The lowest BCUT2D eigenvalue weighted by Crippen LogP contribution is -1.91. The normalized spacial score (nSPS) is 11.4. The van der Waals surface area contributed by atoms with E-state index in [0.29, 0.717) is 27.6 Å². The van der Waals surface area contributed by atoms with Crippen molar-refractivity contribution < 1.29 is 28.4 Å². The maximum atomic E-state index is 10.9. The third-order valence-corrected chi connectivity index (χ3v) is 3.27. The van der Waals surface area contributed by atoms with E-state index in [-0.39, 0.29) is 17.1 Å². The van der Waals surface area contributed by atoms with E-state index >= 15 is 0 Å². The molecule has 0 bridgehead atoms. The molecular weight excluding hydrogens is 278 g/mol. The quantitative estimate of drug-likeness (QED) is 0.581. The molecule has 0 saturated heterocycles. The summed E-state index contributed by atoms with van der Waals surface area (Å²) in [5, 5.41) is 23.8. The third kappa shape index (κ3) is 1.48. The fourth-order valence-electron chi connectivity index (χ4n) is 2.37. The van der Waals surface area contributed by atoms with Crippen LogP contribution in [0.3, 0.4) is 0 Å². The van der Waals surface area contributed by atoms with Crippen molar-refractivity contribution in [2.45, 2.75) is 0 Å². The molecule has 7 nitrogen and oxygen atoms in total. The highest BCUT2D eigenvalue weighted by molar-refractivity contribution is 6.12.